The molecule has 1 fully saturated rings. The summed E-state index contributed by atoms with van der Waals surface area (Å²) in [6.07, 6.45) is 2.09. The molecule has 0 bridgehead atoms. The number of ether oxygens (including phenoxy) is 1. The third kappa shape index (κ3) is 1.74. The Hall–Kier alpha value is -0.680. The molecule has 0 spiro atoms. The molecule has 0 saturated carbocycles. The summed E-state index contributed by atoms with van der Waals surface area (Å²) in [6, 6.07) is 0. The molecule has 1 unspecified atom stereocenters. The number of hydrogen-bond acceptors (Lipinski definition) is 4. The van der Waals surface area contributed by atoms with Crippen LogP contribution in [-0.4, -0.2) is 16.6 Å². The summed E-state index contributed by atoms with van der Waals surface area (Å²) >= 11 is 3.33. The van der Waals surface area contributed by atoms with E-state index >= 15 is 0 Å². The first-order valence-electron chi connectivity index (χ1n) is 4.59. The van der Waals surface area contributed by atoms with Crippen LogP contribution in [0, 0.1) is 6.92 Å². The van der Waals surface area contributed by atoms with Gasteiger partial charge < -0.3 is 10.5 Å². The Morgan fingerprint density at radius 1 is 1.50 bits per heavy atom. The van der Waals surface area contributed by atoms with Gasteiger partial charge in [-0.3, -0.25) is 0 Å². The van der Waals surface area contributed by atoms with Crippen LogP contribution in [0.1, 0.15) is 30.5 Å². The molecule has 1 aromatic rings. The van der Waals surface area contributed by atoms with Gasteiger partial charge in [-0.1, -0.05) is 0 Å². The van der Waals surface area contributed by atoms with Crippen LogP contribution < -0.4 is 5.73 Å². The molecule has 1 aliphatic heterocycles. The lowest BCUT2D eigenvalue weighted by Crippen LogP contribution is -2.07. The fraction of sp³-hybridized carbons (Fsp3) is 0.556. The van der Waals surface area contributed by atoms with E-state index in [2.05, 4.69) is 25.9 Å². The van der Waals surface area contributed by atoms with Gasteiger partial charge in [-0.15, -0.1) is 0 Å². The van der Waals surface area contributed by atoms with Crippen LogP contribution in [-0.2, 0) is 4.74 Å². The van der Waals surface area contributed by atoms with Crippen molar-refractivity contribution in [3.8, 4) is 0 Å². The highest BCUT2D eigenvalue weighted by atomic mass is 79.9. The Bertz CT molecular complexity index is 327. The van der Waals surface area contributed by atoms with Crippen molar-refractivity contribution in [2.45, 2.75) is 25.9 Å². The molecule has 5 heteroatoms. The van der Waals surface area contributed by atoms with Crippen molar-refractivity contribution in [1.82, 2.24) is 9.97 Å². The van der Waals surface area contributed by atoms with Crippen LogP contribution in [0.2, 0.25) is 0 Å². The van der Waals surface area contributed by atoms with Gasteiger partial charge in [-0.05, 0) is 35.7 Å². The molecule has 1 saturated heterocycles. The summed E-state index contributed by atoms with van der Waals surface area (Å²) in [6.45, 7) is 2.70. The lowest BCUT2D eigenvalue weighted by atomic mass is 10.2. The van der Waals surface area contributed by atoms with Crippen molar-refractivity contribution in [3.63, 3.8) is 0 Å². The van der Waals surface area contributed by atoms with Gasteiger partial charge in [0, 0.05) is 6.61 Å². The molecule has 0 aromatic carbocycles. The van der Waals surface area contributed by atoms with Crippen LogP contribution in [0.3, 0.4) is 0 Å². The first kappa shape index (κ1) is 9.86. The number of anilines is 1. The standard InChI is InChI=1S/C9H12BrN3O/c1-5-7(10)8(11)13-9(12-5)6-3-2-4-14-6/h6H,2-4H2,1H3,(H2,11,12,13). The Kier molecular flexibility index (Phi) is 2.69. The minimum absolute atomic E-state index is 0.0316. The van der Waals surface area contributed by atoms with E-state index in [1.54, 1.807) is 0 Å². The van der Waals surface area contributed by atoms with E-state index in [0.717, 1.165) is 29.6 Å². The van der Waals surface area contributed by atoms with E-state index in [-0.39, 0.29) is 6.10 Å². The van der Waals surface area contributed by atoms with E-state index in [4.69, 9.17) is 10.5 Å². The highest BCUT2D eigenvalue weighted by Gasteiger charge is 2.21. The number of aryl methyl sites for hydroxylation is 1. The largest absolute Gasteiger partial charge is 0.383 e. The molecule has 4 nitrogen and oxygen atoms in total. The first-order valence-corrected chi connectivity index (χ1v) is 5.39. The molecule has 1 aliphatic rings. The van der Waals surface area contributed by atoms with E-state index < -0.39 is 0 Å². The highest BCUT2D eigenvalue weighted by Crippen LogP contribution is 2.29. The number of rotatable bonds is 1. The van der Waals surface area contributed by atoms with Gasteiger partial charge in [0.05, 0.1) is 10.2 Å². The Labute approximate surface area is 91.0 Å². The van der Waals surface area contributed by atoms with E-state index in [0.29, 0.717) is 11.6 Å². The third-order valence-corrected chi connectivity index (χ3v) is 3.26. The van der Waals surface area contributed by atoms with Crippen molar-refractivity contribution in [1.29, 1.82) is 0 Å². The Balaban J connectivity index is 2.34. The van der Waals surface area contributed by atoms with Gasteiger partial charge in [0.15, 0.2) is 5.82 Å². The van der Waals surface area contributed by atoms with Crippen LogP contribution >= 0.6 is 15.9 Å². The minimum Gasteiger partial charge on any atom is -0.383 e. The van der Waals surface area contributed by atoms with E-state index in [9.17, 15) is 0 Å². The predicted molar refractivity (Wildman–Crippen MR) is 56.8 cm³/mol. The monoisotopic (exact) mass is 257 g/mol. The average Bonchev–Trinajstić information content (AvgIpc) is 2.66. The maximum absolute atomic E-state index is 5.74. The summed E-state index contributed by atoms with van der Waals surface area (Å²) in [7, 11) is 0. The van der Waals surface area contributed by atoms with Gasteiger partial charge >= 0.3 is 0 Å². The SMILES string of the molecule is Cc1nc(C2CCCO2)nc(N)c1Br. The van der Waals surface area contributed by atoms with Gasteiger partial charge in [0.1, 0.15) is 11.9 Å². The van der Waals surface area contributed by atoms with Crippen molar-refractivity contribution >= 4 is 21.7 Å². The van der Waals surface area contributed by atoms with Crippen LogP contribution in [0.25, 0.3) is 0 Å². The second-order valence-corrected chi connectivity index (χ2v) is 4.16. The summed E-state index contributed by atoms with van der Waals surface area (Å²) in [5, 5.41) is 0. The molecule has 0 radical (unpaired) electrons. The molecule has 2 heterocycles. The summed E-state index contributed by atoms with van der Waals surface area (Å²) in [4.78, 5) is 8.56. The van der Waals surface area contributed by atoms with Crippen LogP contribution in [0.5, 0.6) is 0 Å². The number of nitrogens with zero attached hydrogens (tertiary/aromatic N) is 2. The van der Waals surface area contributed by atoms with Crippen molar-refractivity contribution in [2.75, 3.05) is 12.3 Å². The Morgan fingerprint density at radius 3 is 2.86 bits per heavy atom. The zero-order chi connectivity index (χ0) is 10.1. The normalized spacial score (nSPS) is 21.4. The smallest absolute Gasteiger partial charge is 0.159 e. The second kappa shape index (κ2) is 3.82. The number of nitrogens with two attached hydrogens (primary N) is 1. The fourth-order valence-electron chi connectivity index (χ4n) is 1.53. The molecular formula is C9H12BrN3O. The number of hydrogen-bond donors (Lipinski definition) is 1. The second-order valence-electron chi connectivity index (χ2n) is 3.37. The highest BCUT2D eigenvalue weighted by molar-refractivity contribution is 9.10. The molecule has 2 rings (SSSR count). The minimum atomic E-state index is 0.0316. The van der Waals surface area contributed by atoms with Crippen LogP contribution in [0.15, 0.2) is 4.47 Å². The molecule has 1 atom stereocenters. The van der Waals surface area contributed by atoms with Crippen molar-refractivity contribution in [3.05, 3.63) is 16.0 Å². The van der Waals surface area contributed by atoms with Crippen molar-refractivity contribution < 1.29 is 4.74 Å². The van der Waals surface area contributed by atoms with E-state index in [1.165, 1.54) is 0 Å². The zero-order valence-corrected chi connectivity index (χ0v) is 9.54. The number of aromatic nitrogens is 2. The molecule has 76 valence electrons. The topological polar surface area (TPSA) is 61.0 Å². The average molecular weight is 258 g/mol. The zero-order valence-electron chi connectivity index (χ0n) is 7.96. The van der Waals surface area contributed by atoms with Gasteiger partial charge in [0.25, 0.3) is 0 Å². The lowest BCUT2D eigenvalue weighted by molar-refractivity contribution is 0.105. The quantitative estimate of drug-likeness (QED) is 0.836. The Morgan fingerprint density at radius 2 is 2.29 bits per heavy atom. The fourth-order valence-corrected chi connectivity index (χ4v) is 1.71. The molecule has 0 amide bonds. The summed E-state index contributed by atoms with van der Waals surface area (Å²) in [5.74, 6) is 1.20. The predicted octanol–water partition coefficient (Wildman–Crippen LogP) is 1.98. The molecule has 1 aromatic heterocycles. The molecule has 14 heavy (non-hydrogen) atoms. The van der Waals surface area contributed by atoms with Gasteiger partial charge in [0.2, 0.25) is 0 Å². The summed E-state index contributed by atoms with van der Waals surface area (Å²) < 4.78 is 6.27. The van der Waals surface area contributed by atoms with Gasteiger partial charge in [-0.25, -0.2) is 9.97 Å². The number of nitrogen functional groups attached to an aromatic ring is 1. The number of halogens is 1. The summed E-state index contributed by atoms with van der Waals surface area (Å²) in [5.41, 5.74) is 6.60. The maximum Gasteiger partial charge on any atom is 0.159 e. The molecule has 0 aliphatic carbocycles. The van der Waals surface area contributed by atoms with Crippen LogP contribution in [0.4, 0.5) is 5.82 Å². The van der Waals surface area contributed by atoms with Crippen molar-refractivity contribution in [2.24, 2.45) is 0 Å². The maximum atomic E-state index is 5.74. The lowest BCUT2D eigenvalue weighted by Gasteiger charge is -2.10. The van der Waals surface area contributed by atoms with E-state index in [1.807, 2.05) is 6.92 Å². The first-order chi connectivity index (χ1) is 6.68. The third-order valence-electron chi connectivity index (χ3n) is 2.28. The molecule has 2 N–H and O–H groups in total. The molecular weight excluding hydrogens is 246 g/mol. The van der Waals surface area contributed by atoms with Gasteiger partial charge in [-0.2, -0.15) is 0 Å².